The zero-order valence-electron chi connectivity index (χ0n) is 17.7. The van der Waals surface area contributed by atoms with Crippen LogP contribution < -0.4 is 5.32 Å². The number of nitrogens with one attached hydrogen (secondary N) is 1. The molecule has 12 nitrogen and oxygen atoms in total. The SMILES string of the molecule is CC(CO)(OC[C@H]1O[C@@H](n2ncc3c(NC4CCCC4)nc(Cl)nc32)[C@@H](F)[C@@H]1O)P(=O)(O)O. The minimum atomic E-state index is -4.86. The van der Waals surface area contributed by atoms with Gasteiger partial charge in [0.1, 0.15) is 18.0 Å². The first-order valence-electron chi connectivity index (χ1n) is 10.5. The van der Waals surface area contributed by atoms with Gasteiger partial charge in [0.05, 0.1) is 24.8 Å². The van der Waals surface area contributed by atoms with E-state index in [9.17, 15) is 24.6 Å². The molecule has 0 aromatic carbocycles. The van der Waals surface area contributed by atoms with Crippen LogP contribution in [0.25, 0.3) is 11.0 Å². The van der Waals surface area contributed by atoms with Crippen LogP contribution in [0.2, 0.25) is 5.28 Å². The van der Waals surface area contributed by atoms with Gasteiger partial charge in [0.2, 0.25) is 5.28 Å². The van der Waals surface area contributed by atoms with Crippen molar-refractivity contribution in [3.63, 3.8) is 0 Å². The van der Waals surface area contributed by atoms with Crippen molar-refractivity contribution in [1.29, 1.82) is 0 Å². The molecule has 1 unspecified atom stereocenters. The van der Waals surface area contributed by atoms with E-state index in [1.807, 2.05) is 0 Å². The lowest BCUT2D eigenvalue weighted by Gasteiger charge is -2.29. The second kappa shape index (κ2) is 9.31. The fourth-order valence-corrected chi connectivity index (χ4v) is 4.57. The minimum absolute atomic E-state index is 0.0704. The number of hydrogen-bond donors (Lipinski definition) is 5. The summed E-state index contributed by atoms with van der Waals surface area (Å²) in [5.74, 6) is 0.470. The Balaban J connectivity index is 1.56. The van der Waals surface area contributed by atoms with E-state index in [-0.39, 0.29) is 17.0 Å². The predicted molar refractivity (Wildman–Crippen MR) is 115 cm³/mol. The smallest absolute Gasteiger partial charge is 0.359 e. The molecule has 0 spiro atoms. The fourth-order valence-electron chi connectivity index (χ4n) is 3.98. The minimum Gasteiger partial charge on any atom is -0.393 e. The number of alkyl halides is 1. The first-order valence-corrected chi connectivity index (χ1v) is 12.5. The third kappa shape index (κ3) is 4.73. The molecule has 5 atom stereocenters. The van der Waals surface area contributed by atoms with Gasteiger partial charge >= 0.3 is 7.60 Å². The van der Waals surface area contributed by atoms with Gasteiger partial charge in [-0.05, 0) is 31.4 Å². The highest BCUT2D eigenvalue weighted by Gasteiger charge is 2.49. The van der Waals surface area contributed by atoms with Crippen molar-refractivity contribution in [2.45, 2.75) is 68.6 Å². The fraction of sp³-hybridized carbons (Fsp3) is 0.722. The number of aromatic nitrogens is 4. The maximum Gasteiger partial charge on any atom is 0.359 e. The third-order valence-electron chi connectivity index (χ3n) is 6.13. The summed E-state index contributed by atoms with van der Waals surface area (Å²) >= 11 is 6.09. The molecular formula is C18H26ClFN5O7P. The molecular weight excluding hydrogens is 484 g/mol. The summed E-state index contributed by atoms with van der Waals surface area (Å²) in [6.07, 6.45) is -0.656. The number of fused-ring (bicyclic) bond motifs is 1. The van der Waals surface area contributed by atoms with E-state index in [0.29, 0.717) is 11.2 Å². The predicted octanol–water partition coefficient (Wildman–Crippen LogP) is 1.33. The van der Waals surface area contributed by atoms with Crippen molar-refractivity contribution in [2.75, 3.05) is 18.5 Å². The van der Waals surface area contributed by atoms with Gasteiger partial charge in [-0.2, -0.15) is 15.1 Å². The lowest BCUT2D eigenvalue weighted by Crippen LogP contribution is -2.39. The molecule has 2 aliphatic rings. The molecule has 4 rings (SSSR count). The molecule has 0 amide bonds. The number of halogens is 2. The van der Waals surface area contributed by atoms with Crippen molar-refractivity contribution >= 4 is 36.0 Å². The molecule has 2 aromatic rings. The van der Waals surface area contributed by atoms with E-state index in [1.54, 1.807) is 0 Å². The number of nitrogens with zero attached hydrogens (tertiary/aromatic N) is 4. The summed E-state index contributed by atoms with van der Waals surface area (Å²) in [4.78, 5) is 27.2. The van der Waals surface area contributed by atoms with Gasteiger partial charge in [-0.1, -0.05) is 12.8 Å². The standard InChI is InChI=1S/C18H26ClFN5O7P/c1-18(8-26,33(28,29)30)31-7-11-13(27)12(20)16(32-11)25-15-10(6-21-25)14(23-17(19)24-15)22-9-4-2-3-5-9/h6,9,11-13,16,26-27H,2-5,7-8H2,1H3,(H,22,23,24)(H2,28,29,30)/t11-,12+,13-,16-,18?/m1/s1. The highest BCUT2D eigenvalue weighted by Crippen LogP contribution is 2.51. The number of anilines is 1. The highest BCUT2D eigenvalue weighted by atomic mass is 35.5. The maximum absolute atomic E-state index is 15.0. The second-order valence-corrected chi connectivity index (χ2v) is 10.9. The van der Waals surface area contributed by atoms with Gasteiger partial charge in [0.15, 0.2) is 23.4 Å². The molecule has 1 aliphatic heterocycles. The van der Waals surface area contributed by atoms with E-state index in [2.05, 4.69) is 20.4 Å². The molecule has 5 N–H and O–H groups in total. The van der Waals surface area contributed by atoms with Gasteiger partial charge in [0.25, 0.3) is 0 Å². The Hall–Kier alpha value is -1.44. The van der Waals surface area contributed by atoms with Crippen LogP contribution in [0.15, 0.2) is 6.20 Å². The van der Waals surface area contributed by atoms with Gasteiger partial charge in [-0.25, -0.2) is 9.07 Å². The van der Waals surface area contributed by atoms with Crippen LogP contribution in [0.3, 0.4) is 0 Å². The van der Waals surface area contributed by atoms with Crippen LogP contribution in [-0.2, 0) is 14.0 Å². The quantitative estimate of drug-likeness (QED) is 0.257. The maximum atomic E-state index is 15.0. The Morgan fingerprint density at radius 2 is 2.09 bits per heavy atom. The molecule has 0 bridgehead atoms. The highest BCUT2D eigenvalue weighted by molar-refractivity contribution is 7.53. The zero-order chi connectivity index (χ0) is 24.0. The van der Waals surface area contributed by atoms with Crippen molar-refractivity contribution < 1.29 is 38.4 Å². The largest absolute Gasteiger partial charge is 0.393 e. The monoisotopic (exact) mass is 509 g/mol. The Labute approximate surface area is 193 Å². The molecule has 33 heavy (non-hydrogen) atoms. The van der Waals surface area contributed by atoms with Crippen molar-refractivity contribution in [3.8, 4) is 0 Å². The van der Waals surface area contributed by atoms with Crippen molar-refractivity contribution in [2.24, 2.45) is 0 Å². The number of aliphatic hydroxyl groups is 2. The number of hydrogen-bond acceptors (Lipinski definition) is 9. The van der Waals surface area contributed by atoms with Crippen LogP contribution in [0.1, 0.15) is 38.8 Å². The van der Waals surface area contributed by atoms with E-state index >= 15 is 4.39 Å². The first-order chi connectivity index (χ1) is 15.5. The van der Waals surface area contributed by atoms with E-state index in [0.717, 1.165) is 37.3 Å². The van der Waals surface area contributed by atoms with Gasteiger partial charge < -0.3 is 34.8 Å². The summed E-state index contributed by atoms with van der Waals surface area (Å²) in [5, 5.41) is 25.4. The van der Waals surface area contributed by atoms with Crippen molar-refractivity contribution in [3.05, 3.63) is 11.5 Å². The van der Waals surface area contributed by atoms with E-state index < -0.39 is 50.8 Å². The van der Waals surface area contributed by atoms with Crippen LogP contribution in [0.5, 0.6) is 0 Å². The Bertz CT molecular complexity index is 1050. The van der Waals surface area contributed by atoms with Crippen LogP contribution in [-0.4, -0.2) is 82.7 Å². The molecule has 0 radical (unpaired) electrons. The number of aliphatic hydroxyl groups excluding tert-OH is 2. The number of rotatable bonds is 8. The second-order valence-electron chi connectivity index (χ2n) is 8.48. The van der Waals surface area contributed by atoms with Crippen LogP contribution in [0, 0.1) is 0 Å². The molecule has 3 heterocycles. The van der Waals surface area contributed by atoms with Crippen molar-refractivity contribution in [1.82, 2.24) is 19.7 Å². The normalized spacial score (nSPS) is 28.5. The van der Waals surface area contributed by atoms with Crippen LogP contribution in [0.4, 0.5) is 10.2 Å². The lowest BCUT2D eigenvalue weighted by molar-refractivity contribution is -0.103. The average molecular weight is 510 g/mol. The molecule has 1 saturated carbocycles. The van der Waals surface area contributed by atoms with Gasteiger partial charge in [-0.3, -0.25) is 4.57 Å². The van der Waals surface area contributed by atoms with Gasteiger partial charge in [-0.15, -0.1) is 0 Å². The molecule has 184 valence electrons. The summed E-state index contributed by atoms with van der Waals surface area (Å²) in [6, 6.07) is 0.234. The average Bonchev–Trinajstić information content (AvgIpc) is 3.47. The Morgan fingerprint density at radius 1 is 1.39 bits per heavy atom. The summed E-state index contributed by atoms with van der Waals surface area (Å²) in [7, 11) is -4.86. The topological polar surface area (TPSA) is 172 Å². The van der Waals surface area contributed by atoms with Gasteiger partial charge in [0, 0.05) is 6.04 Å². The zero-order valence-corrected chi connectivity index (χ0v) is 19.4. The summed E-state index contributed by atoms with van der Waals surface area (Å²) in [5.41, 5.74) is 0.201. The molecule has 1 saturated heterocycles. The van der Waals surface area contributed by atoms with E-state index in [4.69, 9.17) is 21.1 Å². The third-order valence-corrected chi connectivity index (χ3v) is 7.80. The molecule has 2 aromatic heterocycles. The Kier molecular flexibility index (Phi) is 6.96. The first kappa shape index (κ1) is 24.7. The molecule has 15 heteroatoms. The summed E-state index contributed by atoms with van der Waals surface area (Å²) in [6.45, 7) is -0.555. The number of ether oxygens (including phenoxy) is 2. The lowest BCUT2D eigenvalue weighted by atomic mass is 10.1. The summed E-state index contributed by atoms with van der Waals surface area (Å²) < 4.78 is 38.5. The Morgan fingerprint density at radius 3 is 2.73 bits per heavy atom. The van der Waals surface area contributed by atoms with Crippen LogP contribution >= 0.6 is 19.2 Å². The van der Waals surface area contributed by atoms with E-state index in [1.165, 1.54) is 6.20 Å². The molecule has 1 aliphatic carbocycles. The molecule has 2 fully saturated rings.